The van der Waals surface area contributed by atoms with Crippen molar-refractivity contribution in [3.05, 3.63) is 52.8 Å². The topological polar surface area (TPSA) is 221 Å². The van der Waals surface area contributed by atoms with Crippen molar-refractivity contribution in [1.82, 2.24) is 29.8 Å². The quantitative estimate of drug-likeness (QED) is 0.172. The number of fused-ring (bicyclic) bond motifs is 3. The Bertz CT molecular complexity index is 2160. The molecule has 2 atom stereocenters. The third-order valence-corrected chi connectivity index (χ3v) is 8.75. The number of nitrogens with one attached hydrogen (secondary N) is 3. The van der Waals surface area contributed by atoms with Crippen LogP contribution in [0.15, 0.2) is 50.6 Å². The van der Waals surface area contributed by atoms with Crippen LogP contribution in [0.2, 0.25) is 0 Å². The Kier molecular flexibility index (Phi) is 6.79. The highest BCUT2D eigenvalue weighted by Gasteiger charge is 2.27. The van der Waals surface area contributed by atoms with Gasteiger partial charge in [0.15, 0.2) is 22.9 Å². The lowest BCUT2D eigenvalue weighted by Crippen LogP contribution is -2.43. The molecule has 16 heteroatoms. The van der Waals surface area contributed by atoms with Gasteiger partial charge in [-0.05, 0) is 24.5 Å². The molecule has 1 aromatic carbocycles. The number of ether oxygens (including phenoxy) is 1. The molecule has 0 bridgehead atoms. The second-order valence-electron chi connectivity index (χ2n) is 11.5. The van der Waals surface area contributed by atoms with Crippen molar-refractivity contribution in [2.75, 3.05) is 41.8 Å². The van der Waals surface area contributed by atoms with Crippen LogP contribution in [-0.2, 0) is 4.74 Å². The summed E-state index contributed by atoms with van der Waals surface area (Å²) < 4.78 is 19.0. The fourth-order valence-corrected chi connectivity index (χ4v) is 6.36. The maximum atomic E-state index is 13.0. The normalized spacial score (nSPS) is 18.8. The number of aromatic nitrogens is 6. The molecule has 5 aromatic heterocycles. The molecule has 6 heterocycles. The van der Waals surface area contributed by atoms with E-state index in [1.165, 1.54) is 18.7 Å². The largest absolute Gasteiger partial charge is 0.456 e. The van der Waals surface area contributed by atoms with Gasteiger partial charge in [0, 0.05) is 30.6 Å². The summed E-state index contributed by atoms with van der Waals surface area (Å²) in [5, 5.41) is 22.9. The molecule has 0 spiro atoms. The molecule has 2 fully saturated rings. The van der Waals surface area contributed by atoms with E-state index in [0.29, 0.717) is 65.9 Å². The van der Waals surface area contributed by atoms with Crippen LogP contribution in [0.4, 0.5) is 23.3 Å². The van der Waals surface area contributed by atoms with Crippen LogP contribution in [0.1, 0.15) is 36.0 Å². The lowest BCUT2D eigenvalue weighted by atomic mass is 9.91. The predicted octanol–water partition coefficient (Wildman–Crippen LogP) is 2.73. The molecular weight excluding hydrogens is 594 g/mol. The highest BCUT2D eigenvalue weighted by Crippen LogP contribution is 2.38. The molecule has 0 unspecified atom stereocenters. The number of carbonyl (C=O) groups excluding carboxylic acids is 1. The zero-order valence-corrected chi connectivity index (χ0v) is 24.7. The minimum absolute atomic E-state index is 0.00804. The molecule has 1 amide bonds. The number of H-pyrrole nitrogens is 1. The van der Waals surface area contributed by atoms with Gasteiger partial charge in [-0.15, -0.1) is 10.2 Å². The van der Waals surface area contributed by atoms with Crippen molar-refractivity contribution in [2.24, 2.45) is 11.5 Å². The lowest BCUT2D eigenvalue weighted by molar-refractivity contribution is 0.100. The predicted molar refractivity (Wildman–Crippen MR) is 169 cm³/mol. The molecule has 0 radical (unpaired) electrons. The van der Waals surface area contributed by atoms with E-state index >= 15 is 0 Å². The number of nitrogens with zero attached hydrogens (tertiary/aromatic N) is 6. The number of benzene rings is 1. The average molecular weight is 626 g/mol. The summed E-state index contributed by atoms with van der Waals surface area (Å²) in [4.78, 5) is 32.5. The summed E-state index contributed by atoms with van der Waals surface area (Å²) in [5.74, 6) is 0.363. The Morgan fingerprint density at radius 3 is 2.78 bits per heavy atom. The minimum Gasteiger partial charge on any atom is -0.456 e. The van der Waals surface area contributed by atoms with Gasteiger partial charge in [-0.25, -0.2) is 0 Å². The number of aromatic amines is 1. The van der Waals surface area contributed by atoms with Gasteiger partial charge < -0.3 is 40.6 Å². The zero-order valence-electron chi connectivity index (χ0n) is 24.7. The van der Waals surface area contributed by atoms with Crippen LogP contribution in [0, 0.1) is 0 Å². The second kappa shape index (κ2) is 11.1. The molecule has 46 heavy (non-hydrogen) atoms. The Hall–Kier alpha value is -5.48. The molecule has 8 rings (SSSR count). The summed E-state index contributed by atoms with van der Waals surface area (Å²) in [6.07, 6.45) is 8.58. The number of morpholine rings is 1. The molecule has 16 nitrogen and oxygen atoms in total. The minimum atomic E-state index is -0.720. The first kappa shape index (κ1) is 28.0. The van der Waals surface area contributed by atoms with Gasteiger partial charge in [-0.3, -0.25) is 19.1 Å². The fraction of sp³-hybridized carbons (Fsp3) is 0.333. The van der Waals surface area contributed by atoms with E-state index in [-0.39, 0.29) is 40.1 Å². The zero-order chi connectivity index (χ0) is 31.4. The number of hydrogen-bond donors (Lipinski definition) is 5. The highest BCUT2D eigenvalue weighted by molar-refractivity contribution is 6.08. The van der Waals surface area contributed by atoms with Gasteiger partial charge in [-0.1, -0.05) is 18.9 Å². The third kappa shape index (κ3) is 4.69. The Balaban J connectivity index is 1.20. The molecule has 1 aliphatic heterocycles. The van der Waals surface area contributed by atoms with Crippen LogP contribution in [0.25, 0.3) is 38.8 Å². The number of rotatable bonds is 7. The van der Waals surface area contributed by atoms with Crippen LogP contribution in [-0.4, -0.2) is 74.1 Å². The summed E-state index contributed by atoms with van der Waals surface area (Å²) in [6, 6.07) is 5.06. The van der Waals surface area contributed by atoms with Crippen LogP contribution in [0.5, 0.6) is 0 Å². The van der Waals surface area contributed by atoms with E-state index in [1.54, 1.807) is 10.6 Å². The summed E-state index contributed by atoms with van der Waals surface area (Å²) in [5.41, 5.74) is 15.3. The summed E-state index contributed by atoms with van der Waals surface area (Å²) in [7, 11) is 0. The van der Waals surface area contributed by atoms with Crippen molar-refractivity contribution in [1.29, 1.82) is 0 Å². The molecule has 1 aliphatic carbocycles. The average Bonchev–Trinajstić information content (AvgIpc) is 3.83. The molecule has 1 saturated carbocycles. The number of anilines is 4. The maximum absolute atomic E-state index is 13.0. The first-order valence-corrected chi connectivity index (χ1v) is 15.1. The van der Waals surface area contributed by atoms with E-state index in [0.717, 1.165) is 31.2 Å². The molecule has 236 valence electrons. The van der Waals surface area contributed by atoms with Crippen LogP contribution in [0.3, 0.4) is 0 Å². The van der Waals surface area contributed by atoms with Gasteiger partial charge in [0.1, 0.15) is 18.2 Å². The van der Waals surface area contributed by atoms with Crippen molar-refractivity contribution >= 4 is 57.0 Å². The van der Waals surface area contributed by atoms with E-state index in [4.69, 9.17) is 30.0 Å². The smallest absolute Gasteiger partial charge is 0.256 e. The summed E-state index contributed by atoms with van der Waals surface area (Å²) >= 11 is 0. The molecular formula is C30H31N11O5. The van der Waals surface area contributed by atoms with Gasteiger partial charge in [0.25, 0.3) is 5.91 Å². The molecule has 7 N–H and O–H groups in total. The van der Waals surface area contributed by atoms with Gasteiger partial charge >= 0.3 is 0 Å². The van der Waals surface area contributed by atoms with Crippen molar-refractivity contribution in [3.63, 3.8) is 0 Å². The fourth-order valence-electron chi connectivity index (χ4n) is 6.36. The van der Waals surface area contributed by atoms with Crippen LogP contribution >= 0.6 is 0 Å². The monoisotopic (exact) mass is 625 g/mol. The first-order chi connectivity index (χ1) is 22.5. The Morgan fingerprint density at radius 2 is 1.96 bits per heavy atom. The van der Waals surface area contributed by atoms with Crippen molar-refractivity contribution in [3.8, 4) is 11.1 Å². The second-order valence-corrected chi connectivity index (χ2v) is 11.5. The van der Waals surface area contributed by atoms with Crippen molar-refractivity contribution in [2.45, 2.75) is 37.8 Å². The van der Waals surface area contributed by atoms with Crippen LogP contribution < -0.4 is 32.4 Å². The van der Waals surface area contributed by atoms with E-state index in [9.17, 15) is 9.59 Å². The number of amides is 1. The summed E-state index contributed by atoms with van der Waals surface area (Å²) in [6.45, 7) is 2.32. The van der Waals surface area contributed by atoms with Gasteiger partial charge in [0.2, 0.25) is 17.0 Å². The maximum Gasteiger partial charge on any atom is 0.256 e. The SMILES string of the molecule is NC(=O)c1c(Nc2ccc(-c3coc4c(=O)cc(N5CCOCC5)oc34)c3cn[nH]c23)nc(N[C@H]2CCCC[C@H]2N)n2cnnc12. The Labute approximate surface area is 260 Å². The van der Waals surface area contributed by atoms with E-state index in [2.05, 4.69) is 31.0 Å². The third-order valence-electron chi connectivity index (χ3n) is 8.75. The number of furan rings is 1. The molecule has 1 saturated heterocycles. The van der Waals surface area contributed by atoms with E-state index < -0.39 is 5.91 Å². The molecule has 2 aliphatic rings. The molecule has 6 aromatic rings. The van der Waals surface area contributed by atoms with Gasteiger partial charge in [0.05, 0.1) is 42.2 Å². The van der Waals surface area contributed by atoms with Crippen molar-refractivity contribution < 1.29 is 18.4 Å². The van der Waals surface area contributed by atoms with Gasteiger partial charge in [-0.2, -0.15) is 10.1 Å². The number of nitrogens with two attached hydrogens (primary N) is 2. The number of carbonyl (C=O) groups is 1. The number of primary amides is 1. The number of hydrogen-bond acceptors (Lipinski definition) is 13. The lowest BCUT2D eigenvalue weighted by Gasteiger charge is -2.30. The standard InChI is InChI=1S/C30H31N11O5/c31-18-3-1-2-4-19(18)36-30-37-28(23(27(32)43)29-39-34-14-41(29)30)35-20-6-5-15(16-12-33-38-24(16)20)17-13-45-26-21(42)11-22(46-25(17)26)40-7-9-44-10-8-40/h5-6,11-14,18-19,35H,1-4,7-10,31H2,(H2,32,43)(H,33,38)(H,36,37)/t18-,19+/m1/s1. The first-order valence-electron chi connectivity index (χ1n) is 15.1. The Morgan fingerprint density at radius 1 is 1.11 bits per heavy atom. The highest BCUT2D eigenvalue weighted by atomic mass is 16.5. The van der Waals surface area contributed by atoms with E-state index in [1.807, 2.05) is 17.0 Å².